The van der Waals surface area contributed by atoms with Gasteiger partial charge >= 0.3 is 5.97 Å². The van der Waals surface area contributed by atoms with Crippen LogP contribution in [-0.4, -0.2) is 38.9 Å². The van der Waals surface area contributed by atoms with Crippen LogP contribution in [0.5, 0.6) is 0 Å². The van der Waals surface area contributed by atoms with Crippen molar-refractivity contribution in [1.82, 2.24) is 5.32 Å². The predicted molar refractivity (Wildman–Crippen MR) is 43.8 cm³/mol. The zero-order chi connectivity index (χ0) is 9.19. The molecule has 0 aromatic heterocycles. The van der Waals surface area contributed by atoms with Gasteiger partial charge in [0.2, 0.25) is 0 Å². The van der Waals surface area contributed by atoms with Gasteiger partial charge in [0.1, 0.15) is 6.04 Å². The van der Waals surface area contributed by atoms with Crippen LogP contribution in [0.15, 0.2) is 0 Å². The van der Waals surface area contributed by atoms with E-state index in [1.165, 1.54) is 7.11 Å². The Morgan fingerprint density at radius 2 is 2.08 bits per heavy atom. The second-order valence-corrected chi connectivity index (χ2v) is 3.01. The quantitative estimate of drug-likeness (QED) is 0.604. The van der Waals surface area contributed by atoms with Crippen LogP contribution < -0.4 is 5.32 Å². The van der Waals surface area contributed by atoms with Gasteiger partial charge in [-0.2, -0.15) is 0 Å². The smallest absolute Gasteiger partial charge is 0.325 e. The summed E-state index contributed by atoms with van der Waals surface area (Å²) in [6.07, 6.45) is 1.84. The van der Waals surface area contributed by atoms with Crippen molar-refractivity contribution < 1.29 is 14.3 Å². The number of carbonyl (C=O) groups is 1. The van der Waals surface area contributed by atoms with Gasteiger partial charge in [-0.15, -0.1) is 0 Å². The lowest BCUT2D eigenvalue weighted by atomic mass is 10.1. The number of hydrogen-bond donors (Lipinski definition) is 1. The minimum absolute atomic E-state index is 0.253. The van der Waals surface area contributed by atoms with Crippen molar-refractivity contribution in [3.05, 3.63) is 0 Å². The molecule has 4 heteroatoms. The molecule has 0 saturated heterocycles. The summed E-state index contributed by atoms with van der Waals surface area (Å²) < 4.78 is 9.91. The molecule has 0 spiro atoms. The molecule has 0 aromatic carbocycles. The summed E-state index contributed by atoms with van der Waals surface area (Å²) in [6, 6.07) is -0.326. The number of hydrogen-bond acceptors (Lipinski definition) is 4. The summed E-state index contributed by atoms with van der Waals surface area (Å²) in [6.45, 7) is 0. The van der Waals surface area contributed by atoms with Gasteiger partial charge in [0.15, 0.2) is 0 Å². The number of methoxy groups -OCH3 is 2. The summed E-state index contributed by atoms with van der Waals surface area (Å²) in [5, 5.41) is 2.91. The summed E-state index contributed by atoms with van der Waals surface area (Å²) in [7, 11) is 4.75. The van der Waals surface area contributed by atoms with Crippen molar-refractivity contribution in [2.24, 2.45) is 0 Å². The third-order valence-electron chi connectivity index (χ3n) is 2.40. The van der Waals surface area contributed by atoms with Crippen molar-refractivity contribution in [3.8, 4) is 0 Å². The van der Waals surface area contributed by atoms with Crippen LogP contribution in [0.2, 0.25) is 0 Å². The van der Waals surface area contributed by atoms with E-state index in [9.17, 15) is 4.79 Å². The molecule has 1 rings (SSSR count). The van der Waals surface area contributed by atoms with Crippen LogP contribution in [0, 0.1) is 0 Å². The number of rotatable bonds is 4. The molecule has 12 heavy (non-hydrogen) atoms. The third-order valence-corrected chi connectivity index (χ3v) is 2.40. The highest BCUT2D eigenvalue weighted by Gasteiger charge is 2.53. The summed E-state index contributed by atoms with van der Waals surface area (Å²) in [5.41, 5.74) is -0.304. The molecule has 70 valence electrons. The maximum absolute atomic E-state index is 11.2. The largest absolute Gasteiger partial charge is 0.468 e. The molecule has 4 nitrogen and oxygen atoms in total. The Labute approximate surface area is 72.2 Å². The lowest BCUT2D eigenvalue weighted by Gasteiger charge is -2.22. The second-order valence-electron chi connectivity index (χ2n) is 3.01. The van der Waals surface area contributed by atoms with Crippen LogP contribution in [0.3, 0.4) is 0 Å². The zero-order valence-electron chi connectivity index (χ0n) is 7.72. The van der Waals surface area contributed by atoms with Gasteiger partial charge in [-0.05, 0) is 19.9 Å². The standard InChI is InChI=1S/C8H15NO3/c1-9-6(7(10)11-2)8(12-3)4-5-8/h6,9H,4-5H2,1-3H3. The molecule has 1 saturated carbocycles. The first-order valence-electron chi connectivity index (χ1n) is 4.00. The molecule has 0 heterocycles. The first-order chi connectivity index (χ1) is 5.70. The molecule has 0 aromatic rings. The Balaban J connectivity index is 2.61. The molecule has 0 aliphatic heterocycles. The maximum atomic E-state index is 11.2. The number of likely N-dealkylation sites (N-methyl/N-ethyl adjacent to an activating group) is 1. The molecule has 0 bridgehead atoms. The summed E-state index contributed by atoms with van der Waals surface area (Å²) >= 11 is 0. The van der Waals surface area contributed by atoms with Crippen molar-refractivity contribution in [1.29, 1.82) is 0 Å². The molecule has 1 unspecified atom stereocenters. The van der Waals surface area contributed by atoms with E-state index in [2.05, 4.69) is 10.1 Å². The van der Waals surface area contributed by atoms with E-state index in [0.29, 0.717) is 0 Å². The first kappa shape index (κ1) is 9.48. The lowest BCUT2D eigenvalue weighted by molar-refractivity contribution is -0.147. The molecule has 1 aliphatic carbocycles. The lowest BCUT2D eigenvalue weighted by Crippen LogP contribution is -2.47. The van der Waals surface area contributed by atoms with Gasteiger partial charge in [-0.3, -0.25) is 4.79 Å². The van der Waals surface area contributed by atoms with E-state index in [0.717, 1.165) is 12.8 Å². The Hall–Kier alpha value is -0.610. The summed E-state index contributed by atoms with van der Waals surface area (Å²) in [5.74, 6) is -0.253. The highest BCUT2D eigenvalue weighted by atomic mass is 16.5. The van der Waals surface area contributed by atoms with E-state index in [-0.39, 0.29) is 17.6 Å². The van der Waals surface area contributed by atoms with Crippen LogP contribution in [0.1, 0.15) is 12.8 Å². The Kier molecular flexibility index (Phi) is 2.69. The van der Waals surface area contributed by atoms with Gasteiger partial charge in [0.25, 0.3) is 0 Å². The minimum atomic E-state index is -0.326. The van der Waals surface area contributed by atoms with Gasteiger partial charge < -0.3 is 14.8 Å². The minimum Gasteiger partial charge on any atom is -0.468 e. The Bertz CT molecular complexity index is 177. The SMILES string of the molecule is CNC(C(=O)OC)C1(OC)CC1. The highest BCUT2D eigenvalue weighted by molar-refractivity contribution is 5.78. The van der Waals surface area contributed by atoms with Crippen molar-refractivity contribution in [2.45, 2.75) is 24.5 Å². The molecular formula is C8H15NO3. The topological polar surface area (TPSA) is 47.6 Å². The predicted octanol–water partition coefficient (Wildman–Crippen LogP) is -0.0736. The van der Waals surface area contributed by atoms with E-state index < -0.39 is 0 Å². The van der Waals surface area contributed by atoms with E-state index in [1.54, 1.807) is 14.2 Å². The maximum Gasteiger partial charge on any atom is 0.325 e. The molecule has 1 N–H and O–H groups in total. The van der Waals surface area contributed by atoms with E-state index in [1.807, 2.05) is 0 Å². The highest BCUT2D eigenvalue weighted by Crippen LogP contribution is 2.42. The van der Waals surface area contributed by atoms with Gasteiger partial charge in [-0.25, -0.2) is 0 Å². The van der Waals surface area contributed by atoms with E-state index in [4.69, 9.17) is 4.74 Å². The first-order valence-corrected chi connectivity index (χ1v) is 4.00. The van der Waals surface area contributed by atoms with Gasteiger partial charge in [-0.1, -0.05) is 0 Å². The Morgan fingerprint density at radius 1 is 1.50 bits per heavy atom. The third kappa shape index (κ3) is 1.44. The van der Waals surface area contributed by atoms with Crippen molar-refractivity contribution in [2.75, 3.05) is 21.3 Å². The van der Waals surface area contributed by atoms with Crippen LogP contribution in [-0.2, 0) is 14.3 Å². The van der Waals surface area contributed by atoms with Crippen LogP contribution in [0.25, 0.3) is 0 Å². The monoisotopic (exact) mass is 173 g/mol. The zero-order valence-corrected chi connectivity index (χ0v) is 7.72. The van der Waals surface area contributed by atoms with Gasteiger partial charge in [0, 0.05) is 7.11 Å². The number of nitrogens with one attached hydrogen (secondary N) is 1. The van der Waals surface area contributed by atoms with Crippen LogP contribution in [0.4, 0.5) is 0 Å². The van der Waals surface area contributed by atoms with Gasteiger partial charge in [0.05, 0.1) is 12.7 Å². The number of carbonyl (C=O) groups excluding carboxylic acids is 1. The fourth-order valence-corrected chi connectivity index (χ4v) is 1.45. The second kappa shape index (κ2) is 3.41. The average molecular weight is 173 g/mol. The number of ether oxygens (including phenoxy) is 2. The number of esters is 1. The van der Waals surface area contributed by atoms with Crippen molar-refractivity contribution in [3.63, 3.8) is 0 Å². The normalized spacial score (nSPS) is 21.6. The molecule has 1 atom stereocenters. The van der Waals surface area contributed by atoms with Crippen LogP contribution >= 0.6 is 0 Å². The molecule has 1 aliphatic rings. The van der Waals surface area contributed by atoms with Crippen molar-refractivity contribution >= 4 is 5.97 Å². The molecule has 0 amide bonds. The molecular weight excluding hydrogens is 158 g/mol. The average Bonchev–Trinajstić information content (AvgIpc) is 2.87. The summed E-state index contributed by atoms with van der Waals surface area (Å²) in [4.78, 5) is 11.2. The molecule has 0 radical (unpaired) electrons. The fourth-order valence-electron chi connectivity index (χ4n) is 1.45. The Morgan fingerprint density at radius 3 is 2.33 bits per heavy atom. The fraction of sp³-hybridized carbons (Fsp3) is 0.875. The van der Waals surface area contributed by atoms with E-state index >= 15 is 0 Å². The molecule has 1 fully saturated rings.